The number of Topliss-reactive ketones (excluding diaryl/α,β-unsaturated/α-hetero) is 1. The standard InChI is InChI=1S/C24H20BrNO5S/c1-3-31-16-7-4-6-15(13-16)26-21(19-8-5-11-32-19)20(23(28)24(26)29)22(27)14-9-10-18(30-2)17(25)12-14/h4-13,21,27H,3H2,1-2H3/b22-20-. The Hall–Kier alpha value is -3.10. The summed E-state index contributed by atoms with van der Waals surface area (Å²) in [5, 5.41) is 13.0. The fraction of sp³-hybridized carbons (Fsp3) is 0.167. The largest absolute Gasteiger partial charge is 0.507 e. The van der Waals surface area contributed by atoms with Crippen LogP contribution in [0.15, 0.2) is 70.0 Å². The van der Waals surface area contributed by atoms with E-state index in [9.17, 15) is 14.7 Å². The van der Waals surface area contributed by atoms with Crippen LogP contribution in [-0.4, -0.2) is 30.5 Å². The summed E-state index contributed by atoms with van der Waals surface area (Å²) in [4.78, 5) is 28.5. The second kappa shape index (κ2) is 9.18. The van der Waals surface area contributed by atoms with Gasteiger partial charge in [-0.3, -0.25) is 14.5 Å². The molecule has 0 radical (unpaired) electrons. The van der Waals surface area contributed by atoms with E-state index in [4.69, 9.17) is 9.47 Å². The third-order valence-corrected chi connectivity index (χ3v) is 6.63. The average molecular weight is 514 g/mol. The van der Waals surface area contributed by atoms with Crippen molar-refractivity contribution < 1.29 is 24.2 Å². The number of benzene rings is 2. The first-order valence-electron chi connectivity index (χ1n) is 9.87. The van der Waals surface area contributed by atoms with Crippen molar-refractivity contribution in [2.45, 2.75) is 13.0 Å². The first-order valence-corrected chi connectivity index (χ1v) is 11.5. The van der Waals surface area contributed by atoms with E-state index < -0.39 is 17.7 Å². The molecule has 0 spiro atoms. The molecule has 1 amide bonds. The van der Waals surface area contributed by atoms with Crippen LogP contribution in [0.3, 0.4) is 0 Å². The number of ether oxygens (including phenoxy) is 2. The fourth-order valence-electron chi connectivity index (χ4n) is 3.67. The Morgan fingerprint density at radius 2 is 1.97 bits per heavy atom. The van der Waals surface area contributed by atoms with Crippen LogP contribution in [0.5, 0.6) is 11.5 Å². The molecule has 1 fully saturated rings. The molecule has 2 aromatic carbocycles. The second-order valence-corrected chi connectivity index (χ2v) is 8.80. The summed E-state index contributed by atoms with van der Waals surface area (Å²) >= 11 is 4.81. The van der Waals surface area contributed by atoms with E-state index in [0.29, 0.717) is 33.8 Å². The van der Waals surface area contributed by atoms with Crippen LogP contribution in [0.2, 0.25) is 0 Å². The highest BCUT2D eigenvalue weighted by molar-refractivity contribution is 9.10. The zero-order chi connectivity index (χ0) is 22.8. The van der Waals surface area contributed by atoms with Crippen molar-refractivity contribution in [3.05, 3.63) is 80.5 Å². The molecule has 1 aliphatic rings. The van der Waals surface area contributed by atoms with Crippen LogP contribution in [0.4, 0.5) is 5.69 Å². The molecular formula is C24H20BrNO5S. The molecule has 1 aliphatic heterocycles. The van der Waals surface area contributed by atoms with Crippen molar-refractivity contribution in [2.24, 2.45) is 0 Å². The molecule has 4 rings (SSSR count). The van der Waals surface area contributed by atoms with Crippen LogP contribution < -0.4 is 14.4 Å². The Labute approximate surface area is 197 Å². The predicted molar refractivity (Wildman–Crippen MR) is 127 cm³/mol. The minimum absolute atomic E-state index is 0.0383. The normalized spacial score (nSPS) is 17.6. The molecule has 6 nitrogen and oxygen atoms in total. The number of nitrogens with zero attached hydrogens (tertiary/aromatic N) is 1. The molecule has 1 N–H and O–H groups in total. The number of hydrogen-bond acceptors (Lipinski definition) is 6. The lowest BCUT2D eigenvalue weighted by molar-refractivity contribution is -0.132. The van der Waals surface area contributed by atoms with Crippen LogP contribution in [-0.2, 0) is 9.59 Å². The van der Waals surface area contributed by atoms with Crippen LogP contribution in [0.25, 0.3) is 5.76 Å². The van der Waals surface area contributed by atoms with Gasteiger partial charge in [-0.25, -0.2) is 0 Å². The number of anilines is 1. The number of carbonyl (C=O) groups is 2. The average Bonchev–Trinajstić information content (AvgIpc) is 3.41. The molecule has 1 saturated heterocycles. The highest BCUT2D eigenvalue weighted by Gasteiger charge is 2.47. The van der Waals surface area contributed by atoms with Crippen LogP contribution in [0, 0.1) is 0 Å². The Kier molecular flexibility index (Phi) is 6.34. The molecule has 164 valence electrons. The maximum Gasteiger partial charge on any atom is 0.300 e. The molecule has 0 saturated carbocycles. The van der Waals surface area contributed by atoms with E-state index in [1.165, 1.54) is 16.2 Å². The van der Waals surface area contributed by atoms with Crippen molar-refractivity contribution in [3.63, 3.8) is 0 Å². The zero-order valence-corrected chi connectivity index (χ0v) is 19.8. The van der Waals surface area contributed by atoms with Gasteiger partial charge >= 0.3 is 0 Å². The van der Waals surface area contributed by atoms with Crippen LogP contribution >= 0.6 is 27.3 Å². The number of aliphatic hydroxyl groups is 1. The Balaban J connectivity index is 1.88. The van der Waals surface area contributed by atoms with Crippen molar-refractivity contribution in [1.29, 1.82) is 0 Å². The van der Waals surface area contributed by atoms with Gasteiger partial charge in [-0.05, 0) is 64.6 Å². The quantitative estimate of drug-likeness (QED) is 0.266. The van der Waals surface area contributed by atoms with Gasteiger partial charge in [0.25, 0.3) is 11.7 Å². The van der Waals surface area contributed by atoms with Crippen LogP contribution in [0.1, 0.15) is 23.4 Å². The van der Waals surface area contributed by atoms with E-state index >= 15 is 0 Å². The zero-order valence-electron chi connectivity index (χ0n) is 17.4. The summed E-state index contributed by atoms with van der Waals surface area (Å²) in [5.41, 5.74) is 0.961. The predicted octanol–water partition coefficient (Wildman–Crippen LogP) is 5.54. The number of hydrogen-bond donors (Lipinski definition) is 1. The molecule has 1 unspecified atom stereocenters. The van der Waals surface area contributed by atoms with Gasteiger partial charge in [0.15, 0.2) is 0 Å². The lowest BCUT2D eigenvalue weighted by Crippen LogP contribution is -2.29. The first-order chi connectivity index (χ1) is 15.5. The maximum atomic E-state index is 13.2. The van der Waals surface area contributed by atoms with Crippen molar-refractivity contribution >= 4 is 50.4 Å². The number of carbonyl (C=O) groups excluding carboxylic acids is 2. The molecule has 1 aromatic heterocycles. The molecule has 0 aliphatic carbocycles. The molecule has 1 atom stereocenters. The van der Waals surface area contributed by atoms with E-state index in [0.717, 1.165) is 4.88 Å². The number of methoxy groups -OCH3 is 1. The highest BCUT2D eigenvalue weighted by Crippen LogP contribution is 2.44. The minimum atomic E-state index is -0.757. The van der Waals surface area contributed by atoms with E-state index in [1.807, 2.05) is 24.4 Å². The summed E-state index contributed by atoms with van der Waals surface area (Å²) in [6.07, 6.45) is 0. The Bertz CT molecular complexity index is 1200. The summed E-state index contributed by atoms with van der Waals surface area (Å²) in [6.45, 7) is 2.35. The molecule has 8 heteroatoms. The lowest BCUT2D eigenvalue weighted by Gasteiger charge is -2.24. The highest BCUT2D eigenvalue weighted by atomic mass is 79.9. The first kappa shape index (κ1) is 22.1. The van der Waals surface area contributed by atoms with Gasteiger partial charge in [-0.2, -0.15) is 0 Å². The SMILES string of the molecule is CCOc1cccc(N2C(=O)C(=O)/C(=C(\O)c3ccc(OC)c(Br)c3)C2c2cccs2)c1. The van der Waals surface area contributed by atoms with Gasteiger partial charge in [-0.1, -0.05) is 12.1 Å². The van der Waals surface area contributed by atoms with Gasteiger partial charge in [0.2, 0.25) is 0 Å². The van der Waals surface area contributed by atoms with E-state index in [2.05, 4.69) is 15.9 Å². The number of ketones is 1. The number of thiophene rings is 1. The summed E-state index contributed by atoms with van der Waals surface area (Å²) in [6, 6.07) is 14.9. The fourth-order valence-corrected chi connectivity index (χ4v) is 5.04. The van der Waals surface area contributed by atoms with E-state index in [1.54, 1.807) is 49.6 Å². The summed E-state index contributed by atoms with van der Waals surface area (Å²) in [5.74, 6) is -0.505. The topological polar surface area (TPSA) is 76.1 Å². The second-order valence-electron chi connectivity index (χ2n) is 6.96. The number of halogens is 1. The number of rotatable bonds is 6. The number of amides is 1. The van der Waals surface area contributed by atoms with Crippen molar-refractivity contribution in [1.82, 2.24) is 0 Å². The van der Waals surface area contributed by atoms with E-state index in [-0.39, 0.29) is 11.3 Å². The Morgan fingerprint density at radius 3 is 2.62 bits per heavy atom. The molecular weight excluding hydrogens is 494 g/mol. The molecule has 32 heavy (non-hydrogen) atoms. The summed E-state index contributed by atoms with van der Waals surface area (Å²) in [7, 11) is 1.54. The molecule has 3 aromatic rings. The monoisotopic (exact) mass is 513 g/mol. The smallest absolute Gasteiger partial charge is 0.300 e. The van der Waals surface area contributed by atoms with Gasteiger partial charge in [0, 0.05) is 22.2 Å². The van der Waals surface area contributed by atoms with Gasteiger partial charge in [0.05, 0.1) is 23.8 Å². The maximum absolute atomic E-state index is 13.2. The Morgan fingerprint density at radius 1 is 1.16 bits per heavy atom. The minimum Gasteiger partial charge on any atom is -0.507 e. The molecule has 0 bridgehead atoms. The van der Waals surface area contributed by atoms with Crippen molar-refractivity contribution in [3.8, 4) is 11.5 Å². The number of aliphatic hydroxyl groups excluding tert-OH is 1. The third-order valence-electron chi connectivity index (χ3n) is 5.09. The third kappa shape index (κ3) is 3.91. The van der Waals surface area contributed by atoms with Gasteiger partial charge < -0.3 is 14.6 Å². The summed E-state index contributed by atoms with van der Waals surface area (Å²) < 4.78 is 11.4. The van der Waals surface area contributed by atoms with Crippen molar-refractivity contribution in [2.75, 3.05) is 18.6 Å². The van der Waals surface area contributed by atoms with Gasteiger partial charge in [0.1, 0.15) is 23.3 Å². The lowest BCUT2D eigenvalue weighted by atomic mass is 9.99. The van der Waals surface area contributed by atoms with Gasteiger partial charge in [-0.15, -0.1) is 11.3 Å². The molecule has 2 heterocycles.